The second kappa shape index (κ2) is 10.5. The summed E-state index contributed by atoms with van der Waals surface area (Å²) in [4.78, 5) is 20.4. The molecule has 0 amide bonds. The van der Waals surface area contributed by atoms with E-state index in [1.54, 1.807) is 6.07 Å². The Morgan fingerprint density at radius 2 is 1.62 bits per heavy atom. The average molecular weight is 493 g/mol. The molecule has 1 aliphatic rings. The largest absolute Gasteiger partial charge is 0.406 e. The third kappa shape index (κ3) is 5.02. The number of hydrogen-bond acceptors (Lipinski definition) is 6. The van der Waals surface area contributed by atoms with Crippen LogP contribution in [0.15, 0.2) is 78.9 Å². The molecular formula is C29H28N6O2. The van der Waals surface area contributed by atoms with E-state index in [9.17, 15) is 15.4 Å². The van der Waals surface area contributed by atoms with Gasteiger partial charge in [-0.05, 0) is 50.9 Å². The van der Waals surface area contributed by atoms with Gasteiger partial charge in [-0.3, -0.25) is 4.57 Å². The van der Waals surface area contributed by atoms with Gasteiger partial charge < -0.3 is 19.9 Å². The van der Waals surface area contributed by atoms with Crippen LogP contribution in [0.5, 0.6) is 0 Å². The summed E-state index contributed by atoms with van der Waals surface area (Å²) in [6, 6.07) is 28.1. The second-order valence-electron chi connectivity index (χ2n) is 9.07. The van der Waals surface area contributed by atoms with Gasteiger partial charge in [0.15, 0.2) is 0 Å². The van der Waals surface area contributed by atoms with Crippen LogP contribution in [0.3, 0.4) is 0 Å². The van der Waals surface area contributed by atoms with E-state index in [-0.39, 0.29) is 10.7 Å². The van der Waals surface area contributed by atoms with Crippen LogP contribution in [0.25, 0.3) is 11.1 Å². The standard InChI is InChI=1S/C29H28N6O2/c1-2-27-31-28(35(36)37)29(34(27)21-22-7-4-3-5-8-22)33-17-15-32(16-18-33)26-13-11-24(12-14-26)25-10-6-9-23(19-25)20-30/h3-14,19H,2,15-18,21H2,1H3. The van der Waals surface area contributed by atoms with Crippen molar-refractivity contribution in [1.29, 1.82) is 5.26 Å². The van der Waals surface area contributed by atoms with Crippen LogP contribution in [-0.2, 0) is 13.0 Å². The number of hydrogen-bond donors (Lipinski definition) is 0. The maximum absolute atomic E-state index is 11.9. The van der Waals surface area contributed by atoms with Gasteiger partial charge in [-0.15, -0.1) is 0 Å². The fraction of sp³-hybridized carbons (Fsp3) is 0.241. The minimum Gasteiger partial charge on any atom is -0.368 e. The summed E-state index contributed by atoms with van der Waals surface area (Å²) >= 11 is 0. The fourth-order valence-electron chi connectivity index (χ4n) is 4.92. The molecule has 4 aromatic rings. The van der Waals surface area contributed by atoms with Gasteiger partial charge in [-0.1, -0.05) is 61.5 Å². The summed E-state index contributed by atoms with van der Waals surface area (Å²) < 4.78 is 2.01. The molecule has 0 aliphatic carbocycles. The quantitative estimate of drug-likeness (QED) is 0.258. The molecule has 186 valence electrons. The van der Waals surface area contributed by atoms with Crippen molar-refractivity contribution in [3.63, 3.8) is 0 Å². The third-order valence-electron chi connectivity index (χ3n) is 6.81. The molecule has 0 atom stereocenters. The Hall–Kier alpha value is -4.64. The highest BCUT2D eigenvalue weighted by molar-refractivity contribution is 5.68. The molecular weight excluding hydrogens is 464 g/mol. The maximum atomic E-state index is 11.9. The van der Waals surface area contributed by atoms with E-state index < -0.39 is 0 Å². The Morgan fingerprint density at radius 3 is 2.27 bits per heavy atom. The molecule has 0 bridgehead atoms. The minimum atomic E-state index is -0.359. The molecule has 1 fully saturated rings. The lowest BCUT2D eigenvalue weighted by Crippen LogP contribution is -2.47. The van der Waals surface area contributed by atoms with Crippen LogP contribution < -0.4 is 9.80 Å². The van der Waals surface area contributed by atoms with Crippen molar-refractivity contribution in [2.75, 3.05) is 36.0 Å². The second-order valence-corrected chi connectivity index (χ2v) is 9.07. The lowest BCUT2D eigenvalue weighted by atomic mass is 10.0. The molecule has 0 spiro atoms. The van der Waals surface area contributed by atoms with E-state index in [1.165, 1.54) is 0 Å². The number of nitrogens with zero attached hydrogens (tertiary/aromatic N) is 6. The number of nitro groups is 1. The van der Waals surface area contributed by atoms with E-state index in [1.807, 2.05) is 60.0 Å². The highest BCUT2D eigenvalue weighted by Crippen LogP contribution is 2.32. The number of rotatable bonds is 7. The lowest BCUT2D eigenvalue weighted by Gasteiger charge is -2.37. The predicted molar refractivity (Wildman–Crippen MR) is 145 cm³/mol. The van der Waals surface area contributed by atoms with Crippen LogP contribution in [0, 0.1) is 21.4 Å². The van der Waals surface area contributed by atoms with E-state index in [0.717, 1.165) is 41.3 Å². The van der Waals surface area contributed by atoms with E-state index in [4.69, 9.17) is 0 Å². The molecule has 0 radical (unpaired) electrons. The van der Waals surface area contributed by atoms with Crippen LogP contribution in [0.1, 0.15) is 23.9 Å². The van der Waals surface area contributed by atoms with Crippen LogP contribution in [0.2, 0.25) is 0 Å². The van der Waals surface area contributed by atoms with Crippen molar-refractivity contribution in [2.24, 2.45) is 0 Å². The van der Waals surface area contributed by atoms with Gasteiger partial charge >= 0.3 is 5.82 Å². The van der Waals surface area contributed by atoms with Gasteiger partial charge in [-0.2, -0.15) is 5.26 Å². The average Bonchev–Trinajstić information content (AvgIpc) is 3.32. The van der Waals surface area contributed by atoms with Crippen molar-refractivity contribution in [2.45, 2.75) is 19.9 Å². The number of anilines is 2. The van der Waals surface area contributed by atoms with Gasteiger partial charge in [-0.25, -0.2) is 0 Å². The van der Waals surface area contributed by atoms with Gasteiger partial charge in [0.2, 0.25) is 11.6 Å². The zero-order valence-corrected chi connectivity index (χ0v) is 20.7. The molecule has 1 aliphatic heterocycles. The van der Waals surface area contributed by atoms with Gasteiger partial charge in [0.05, 0.1) is 18.2 Å². The summed E-state index contributed by atoms with van der Waals surface area (Å²) in [5.74, 6) is 1.26. The summed E-state index contributed by atoms with van der Waals surface area (Å²) in [6.07, 6.45) is 0.622. The lowest BCUT2D eigenvalue weighted by molar-refractivity contribution is -0.388. The number of benzene rings is 3. The van der Waals surface area contributed by atoms with E-state index >= 15 is 0 Å². The maximum Gasteiger partial charge on any atom is 0.406 e. The number of nitriles is 1. The van der Waals surface area contributed by atoms with Crippen LogP contribution in [-0.4, -0.2) is 40.7 Å². The number of aromatic nitrogens is 2. The molecule has 8 heteroatoms. The van der Waals surface area contributed by atoms with Crippen LogP contribution >= 0.6 is 0 Å². The molecule has 8 nitrogen and oxygen atoms in total. The molecule has 37 heavy (non-hydrogen) atoms. The summed E-state index contributed by atoms with van der Waals surface area (Å²) in [5, 5.41) is 21.1. The normalized spacial score (nSPS) is 13.4. The summed E-state index contributed by atoms with van der Waals surface area (Å²) in [5.41, 5.74) is 4.92. The molecule has 1 aromatic heterocycles. The smallest absolute Gasteiger partial charge is 0.368 e. The van der Waals surface area contributed by atoms with E-state index in [2.05, 4.69) is 45.1 Å². The molecule has 3 aromatic carbocycles. The molecule has 0 N–H and O–H groups in total. The molecule has 2 heterocycles. The number of aryl methyl sites for hydroxylation is 1. The molecule has 0 unspecified atom stereocenters. The Balaban J connectivity index is 1.35. The Morgan fingerprint density at radius 1 is 0.919 bits per heavy atom. The summed E-state index contributed by atoms with van der Waals surface area (Å²) in [7, 11) is 0. The monoisotopic (exact) mass is 492 g/mol. The zero-order valence-electron chi connectivity index (χ0n) is 20.7. The minimum absolute atomic E-state index is 0.0646. The van der Waals surface area contributed by atoms with Crippen molar-refractivity contribution < 1.29 is 4.92 Å². The Bertz CT molecular complexity index is 1430. The first-order chi connectivity index (χ1) is 18.1. The van der Waals surface area contributed by atoms with Crippen molar-refractivity contribution in [3.05, 3.63) is 106 Å². The first-order valence-electron chi connectivity index (χ1n) is 12.5. The van der Waals surface area contributed by atoms with Crippen molar-refractivity contribution >= 4 is 17.3 Å². The molecule has 1 saturated heterocycles. The molecule has 0 saturated carbocycles. The van der Waals surface area contributed by atoms with E-state index in [0.29, 0.717) is 37.4 Å². The molecule has 5 rings (SSSR count). The number of imidazole rings is 1. The van der Waals surface area contributed by atoms with Gasteiger partial charge in [0, 0.05) is 38.3 Å². The zero-order chi connectivity index (χ0) is 25.8. The number of piperazine rings is 1. The summed E-state index contributed by atoms with van der Waals surface area (Å²) in [6.45, 7) is 5.36. The first-order valence-corrected chi connectivity index (χ1v) is 12.5. The third-order valence-corrected chi connectivity index (χ3v) is 6.81. The Labute approximate surface area is 216 Å². The topological polar surface area (TPSA) is 91.2 Å². The SMILES string of the molecule is CCc1nc([N+](=O)[O-])c(N2CCN(c3ccc(-c4cccc(C#N)c4)cc3)CC2)n1Cc1ccccc1. The predicted octanol–water partition coefficient (Wildman–Crippen LogP) is 5.27. The highest BCUT2D eigenvalue weighted by atomic mass is 16.6. The first kappa shape index (κ1) is 24.1. The van der Waals surface area contributed by atoms with Crippen molar-refractivity contribution in [3.8, 4) is 17.2 Å². The Kier molecular flexibility index (Phi) is 6.86. The van der Waals surface area contributed by atoms with Gasteiger partial charge in [0.1, 0.15) is 0 Å². The van der Waals surface area contributed by atoms with Crippen LogP contribution in [0.4, 0.5) is 17.3 Å². The van der Waals surface area contributed by atoms with Crippen molar-refractivity contribution in [1.82, 2.24) is 9.55 Å². The fourth-order valence-corrected chi connectivity index (χ4v) is 4.92. The highest BCUT2D eigenvalue weighted by Gasteiger charge is 2.32. The van der Waals surface area contributed by atoms with Gasteiger partial charge in [0.25, 0.3) is 0 Å².